The van der Waals surface area contributed by atoms with Gasteiger partial charge in [-0.3, -0.25) is 9.68 Å². The van der Waals surface area contributed by atoms with Gasteiger partial charge in [0.25, 0.3) is 0 Å². The third-order valence-electron chi connectivity index (χ3n) is 9.38. The van der Waals surface area contributed by atoms with Crippen molar-refractivity contribution in [1.29, 1.82) is 0 Å². The number of esters is 1. The van der Waals surface area contributed by atoms with Crippen LogP contribution in [0.15, 0.2) is 0 Å². The van der Waals surface area contributed by atoms with E-state index in [1.54, 1.807) is 7.11 Å². The molecule has 0 aromatic carbocycles. The summed E-state index contributed by atoms with van der Waals surface area (Å²) in [6, 6.07) is 0. The zero-order valence-electron chi connectivity index (χ0n) is 32.4. The van der Waals surface area contributed by atoms with Gasteiger partial charge in [-0.15, -0.1) is 0 Å². The van der Waals surface area contributed by atoms with E-state index in [0.717, 1.165) is 26.2 Å². The number of rotatable bonds is 39. The number of hydrogen-bond acceptors (Lipinski definition) is 8. The standard InChI is InChI=1S/C40H80N2O6/c1-5-7-9-11-13-15-17-19-21-23-25-27-31-41(32-28-26-24-22-20-18-16-14-12-10-8-6-2)35-36-42(34-30-40(44)48-46-4)33-29-39(43)47-38-37-45-3/h5-38H2,1-4H3. The summed E-state index contributed by atoms with van der Waals surface area (Å²) in [5, 5.41) is 0. The third kappa shape index (κ3) is 34.6. The fourth-order valence-electron chi connectivity index (χ4n) is 6.25. The summed E-state index contributed by atoms with van der Waals surface area (Å²) in [5.74, 6) is -0.628. The Hall–Kier alpha value is -1.22. The first-order valence-corrected chi connectivity index (χ1v) is 20.4. The number of carbonyl (C=O) groups is 2. The molecule has 286 valence electrons. The van der Waals surface area contributed by atoms with Crippen molar-refractivity contribution in [1.82, 2.24) is 9.80 Å². The van der Waals surface area contributed by atoms with Crippen LogP contribution in [0.1, 0.15) is 181 Å². The van der Waals surface area contributed by atoms with Crippen molar-refractivity contribution in [2.45, 2.75) is 181 Å². The Morgan fingerprint density at radius 3 is 1.15 bits per heavy atom. The number of hydrogen-bond donors (Lipinski definition) is 0. The highest BCUT2D eigenvalue weighted by Crippen LogP contribution is 2.14. The number of ether oxygens (including phenoxy) is 2. The fraction of sp³-hybridized carbons (Fsp3) is 0.950. The van der Waals surface area contributed by atoms with Gasteiger partial charge in [-0.05, 0) is 25.9 Å². The van der Waals surface area contributed by atoms with E-state index in [1.165, 1.54) is 161 Å². The van der Waals surface area contributed by atoms with E-state index in [0.29, 0.717) is 26.1 Å². The Kier molecular flexibility index (Phi) is 37.6. The second kappa shape index (κ2) is 38.6. The van der Waals surface area contributed by atoms with Gasteiger partial charge in [0.15, 0.2) is 0 Å². The molecule has 0 spiro atoms. The summed E-state index contributed by atoms with van der Waals surface area (Å²) in [6.07, 6.45) is 33.2. The molecular formula is C40H80N2O6. The van der Waals surface area contributed by atoms with Crippen LogP contribution >= 0.6 is 0 Å². The summed E-state index contributed by atoms with van der Waals surface area (Å²) in [6.45, 7) is 10.3. The summed E-state index contributed by atoms with van der Waals surface area (Å²) in [5.41, 5.74) is 0. The molecule has 0 aromatic rings. The monoisotopic (exact) mass is 685 g/mol. The lowest BCUT2D eigenvalue weighted by Gasteiger charge is -2.27. The molecule has 0 N–H and O–H groups in total. The maximum absolute atomic E-state index is 12.3. The highest BCUT2D eigenvalue weighted by atomic mass is 17.2. The Morgan fingerprint density at radius 2 is 0.771 bits per heavy atom. The minimum atomic E-state index is -0.394. The third-order valence-corrected chi connectivity index (χ3v) is 9.38. The molecule has 0 saturated carbocycles. The molecule has 0 heterocycles. The molecule has 0 aliphatic heterocycles. The van der Waals surface area contributed by atoms with Crippen LogP contribution in [-0.4, -0.2) is 88.4 Å². The Labute approximate surface area is 297 Å². The van der Waals surface area contributed by atoms with Gasteiger partial charge in [-0.25, -0.2) is 4.79 Å². The second-order valence-corrected chi connectivity index (χ2v) is 13.8. The van der Waals surface area contributed by atoms with E-state index in [2.05, 4.69) is 33.4 Å². The molecule has 0 atom stereocenters. The first-order valence-electron chi connectivity index (χ1n) is 20.4. The van der Waals surface area contributed by atoms with E-state index in [-0.39, 0.29) is 19.0 Å². The highest BCUT2D eigenvalue weighted by Gasteiger charge is 2.15. The SMILES string of the molecule is CCCCCCCCCCCCCCN(CCCCCCCCCCCCCC)CCN(CCC(=O)OCCOC)CCC(=O)OOC. The number of carbonyl (C=O) groups excluding carboxylic acids is 2. The minimum Gasteiger partial charge on any atom is -0.463 e. The van der Waals surface area contributed by atoms with Crippen LogP contribution in [0.25, 0.3) is 0 Å². The van der Waals surface area contributed by atoms with Gasteiger partial charge in [-0.1, -0.05) is 155 Å². The van der Waals surface area contributed by atoms with Gasteiger partial charge >= 0.3 is 11.9 Å². The topological polar surface area (TPSA) is 77.5 Å². The molecule has 0 aliphatic rings. The van der Waals surface area contributed by atoms with Crippen LogP contribution in [0.3, 0.4) is 0 Å². The molecule has 8 nitrogen and oxygen atoms in total. The normalized spacial score (nSPS) is 11.5. The molecule has 0 aliphatic carbocycles. The Bertz CT molecular complexity index is 652. The maximum Gasteiger partial charge on any atom is 0.343 e. The Balaban J connectivity index is 4.65. The van der Waals surface area contributed by atoms with Crippen molar-refractivity contribution in [2.24, 2.45) is 0 Å². The molecule has 0 unspecified atom stereocenters. The van der Waals surface area contributed by atoms with Gasteiger partial charge in [0.1, 0.15) is 6.61 Å². The summed E-state index contributed by atoms with van der Waals surface area (Å²) >= 11 is 0. The van der Waals surface area contributed by atoms with Gasteiger partial charge < -0.3 is 19.3 Å². The van der Waals surface area contributed by atoms with E-state index < -0.39 is 5.97 Å². The zero-order valence-corrected chi connectivity index (χ0v) is 32.4. The molecule has 8 heteroatoms. The zero-order chi connectivity index (χ0) is 35.2. The van der Waals surface area contributed by atoms with Gasteiger partial charge in [0.2, 0.25) is 0 Å². The first-order chi connectivity index (χ1) is 23.6. The van der Waals surface area contributed by atoms with E-state index in [4.69, 9.17) is 9.47 Å². The quantitative estimate of drug-likeness (QED) is 0.0274. The molecule has 0 fully saturated rings. The molecule has 0 rings (SSSR count). The lowest BCUT2D eigenvalue weighted by atomic mass is 10.0. The summed E-state index contributed by atoms with van der Waals surface area (Å²) < 4.78 is 10.2. The first kappa shape index (κ1) is 46.8. The second-order valence-electron chi connectivity index (χ2n) is 13.8. The average molecular weight is 685 g/mol. The van der Waals surface area contributed by atoms with Crippen molar-refractivity contribution in [3.05, 3.63) is 0 Å². The van der Waals surface area contributed by atoms with Crippen LogP contribution in [0.4, 0.5) is 0 Å². The van der Waals surface area contributed by atoms with Gasteiger partial charge in [0.05, 0.1) is 26.6 Å². The van der Waals surface area contributed by atoms with Crippen molar-refractivity contribution < 1.29 is 28.8 Å². The fourth-order valence-corrected chi connectivity index (χ4v) is 6.25. The molecule has 0 bridgehead atoms. The molecule has 0 saturated heterocycles. The largest absolute Gasteiger partial charge is 0.463 e. The smallest absolute Gasteiger partial charge is 0.343 e. The molecule has 0 radical (unpaired) electrons. The molecular weight excluding hydrogens is 604 g/mol. The number of methoxy groups -OCH3 is 1. The van der Waals surface area contributed by atoms with E-state index >= 15 is 0 Å². The van der Waals surface area contributed by atoms with Crippen LogP contribution in [0.2, 0.25) is 0 Å². The highest BCUT2D eigenvalue weighted by molar-refractivity contribution is 5.70. The molecule has 0 aromatic heterocycles. The van der Waals surface area contributed by atoms with Gasteiger partial charge in [-0.2, -0.15) is 4.89 Å². The van der Waals surface area contributed by atoms with Crippen LogP contribution < -0.4 is 0 Å². The van der Waals surface area contributed by atoms with Crippen molar-refractivity contribution in [3.8, 4) is 0 Å². The number of nitrogens with zero attached hydrogens (tertiary/aromatic N) is 2. The number of unbranched alkanes of at least 4 members (excludes halogenated alkanes) is 22. The lowest BCUT2D eigenvalue weighted by molar-refractivity contribution is -0.255. The average Bonchev–Trinajstić information content (AvgIpc) is 3.08. The minimum absolute atomic E-state index is 0.226. The Morgan fingerprint density at radius 1 is 0.417 bits per heavy atom. The van der Waals surface area contributed by atoms with Gasteiger partial charge in [0, 0.05) is 33.3 Å². The van der Waals surface area contributed by atoms with E-state index in [9.17, 15) is 9.59 Å². The molecule has 48 heavy (non-hydrogen) atoms. The maximum atomic E-state index is 12.3. The summed E-state index contributed by atoms with van der Waals surface area (Å²) in [7, 11) is 2.93. The van der Waals surface area contributed by atoms with E-state index in [1.807, 2.05) is 0 Å². The van der Waals surface area contributed by atoms with Crippen molar-refractivity contribution >= 4 is 11.9 Å². The van der Waals surface area contributed by atoms with Crippen LogP contribution in [-0.2, 0) is 28.8 Å². The van der Waals surface area contributed by atoms with Crippen LogP contribution in [0, 0.1) is 0 Å². The molecule has 0 amide bonds. The predicted molar refractivity (Wildman–Crippen MR) is 200 cm³/mol. The summed E-state index contributed by atoms with van der Waals surface area (Å²) in [4.78, 5) is 38.3. The predicted octanol–water partition coefficient (Wildman–Crippen LogP) is 10.1. The van der Waals surface area contributed by atoms with Crippen LogP contribution in [0.5, 0.6) is 0 Å². The van der Waals surface area contributed by atoms with Crippen molar-refractivity contribution in [2.75, 3.05) is 66.7 Å². The van der Waals surface area contributed by atoms with Crippen molar-refractivity contribution in [3.63, 3.8) is 0 Å². The lowest BCUT2D eigenvalue weighted by Crippen LogP contribution is -2.38.